The van der Waals surface area contributed by atoms with E-state index in [9.17, 15) is 14.4 Å². The fraction of sp³-hybridized carbons (Fsp3) is 0.333. The predicted molar refractivity (Wildman–Crippen MR) is 122 cm³/mol. The van der Waals surface area contributed by atoms with Gasteiger partial charge in [0.1, 0.15) is 5.60 Å². The Morgan fingerprint density at radius 1 is 1.00 bits per heavy atom. The maximum Gasteiger partial charge on any atom is 0.331 e. The average molecular weight is 496 g/mol. The summed E-state index contributed by atoms with van der Waals surface area (Å²) in [6.45, 7) is 5.33. The molecule has 0 saturated carbocycles. The monoisotopic (exact) mass is 495 g/mol. The summed E-state index contributed by atoms with van der Waals surface area (Å²) in [5.74, 6) is -2.89. The van der Waals surface area contributed by atoms with Crippen molar-refractivity contribution >= 4 is 45.6 Å². The van der Waals surface area contributed by atoms with Gasteiger partial charge in [-0.15, -0.1) is 0 Å². The first-order valence-electron chi connectivity index (χ1n) is 10.4. The van der Waals surface area contributed by atoms with Gasteiger partial charge in [-0.2, -0.15) is 5.10 Å². The van der Waals surface area contributed by atoms with Gasteiger partial charge >= 0.3 is 5.97 Å². The zero-order valence-electron chi connectivity index (χ0n) is 17.9. The minimum atomic E-state index is -0.981. The Labute approximate surface area is 194 Å². The van der Waals surface area contributed by atoms with Crippen LogP contribution in [0.15, 0.2) is 58.1 Å². The van der Waals surface area contributed by atoms with Gasteiger partial charge in [0.05, 0.1) is 29.8 Å². The molecule has 3 aliphatic heterocycles. The molecule has 2 aromatic rings. The minimum Gasteiger partial charge on any atom is -0.458 e. The van der Waals surface area contributed by atoms with E-state index in [1.165, 1.54) is 4.90 Å². The van der Waals surface area contributed by atoms with Gasteiger partial charge < -0.3 is 4.74 Å². The first-order valence-corrected chi connectivity index (χ1v) is 11.2. The molecule has 8 heteroatoms. The number of fused-ring (bicyclic) bond motifs is 5. The molecule has 0 N–H and O–H groups in total. The Morgan fingerprint density at radius 3 is 2.34 bits per heavy atom. The van der Waals surface area contributed by atoms with Crippen LogP contribution < -0.4 is 4.90 Å². The third-order valence-corrected chi connectivity index (χ3v) is 6.55. The van der Waals surface area contributed by atoms with E-state index >= 15 is 0 Å². The van der Waals surface area contributed by atoms with Crippen molar-refractivity contribution in [3.8, 4) is 0 Å². The highest BCUT2D eigenvalue weighted by molar-refractivity contribution is 9.10. The van der Waals surface area contributed by atoms with Crippen LogP contribution in [0.2, 0.25) is 0 Å². The molecule has 0 aliphatic carbocycles. The van der Waals surface area contributed by atoms with Crippen LogP contribution in [0.4, 0.5) is 5.69 Å². The van der Waals surface area contributed by atoms with Crippen molar-refractivity contribution < 1.29 is 19.1 Å². The zero-order chi connectivity index (χ0) is 22.8. The molecule has 5 rings (SSSR count). The second kappa shape index (κ2) is 7.27. The molecule has 2 aromatic carbocycles. The molecule has 3 aliphatic rings. The standard InChI is InChI=1S/C24H22BrN3O4/c1-24(2,3)32-23(31)20-18-17(19-16-7-5-4-6-13(16)12-26-28(19)20)21(29)27(22(18)30)15-10-8-14(25)9-11-15/h4-12,17-20H,1-3H3/t17-,18+,19-,20-/m1/s1. The Balaban J connectivity index is 1.62. The van der Waals surface area contributed by atoms with Crippen molar-refractivity contribution in [1.29, 1.82) is 0 Å². The lowest BCUT2D eigenvalue weighted by molar-refractivity contribution is -0.163. The van der Waals surface area contributed by atoms with Gasteiger partial charge in [0.2, 0.25) is 11.8 Å². The second-order valence-corrected chi connectivity index (χ2v) is 10.1. The molecule has 0 radical (unpaired) electrons. The van der Waals surface area contributed by atoms with Crippen molar-refractivity contribution in [2.45, 2.75) is 38.5 Å². The third-order valence-electron chi connectivity index (χ3n) is 6.03. The first kappa shape index (κ1) is 20.9. The molecule has 2 fully saturated rings. The predicted octanol–water partition coefficient (Wildman–Crippen LogP) is 3.67. The molecule has 0 spiro atoms. The normalized spacial score (nSPS) is 26.1. The van der Waals surface area contributed by atoms with Crippen molar-refractivity contribution in [3.05, 3.63) is 64.1 Å². The van der Waals surface area contributed by atoms with Crippen LogP contribution in [-0.4, -0.2) is 40.7 Å². The molecule has 32 heavy (non-hydrogen) atoms. The Kier molecular flexibility index (Phi) is 4.74. The molecule has 7 nitrogen and oxygen atoms in total. The number of carbonyl (C=O) groups is 3. The number of carbonyl (C=O) groups excluding carboxylic acids is 3. The minimum absolute atomic E-state index is 0.324. The van der Waals surface area contributed by atoms with Gasteiger partial charge in [0, 0.05) is 4.47 Å². The maximum absolute atomic E-state index is 13.7. The summed E-state index contributed by atoms with van der Waals surface area (Å²) in [7, 11) is 0. The Hall–Kier alpha value is -3.00. The molecule has 0 aromatic heterocycles. The number of ether oxygens (including phenoxy) is 1. The fourth-order valence-electron chi connectivity index (χ4n) is 4.85. The zero-order valence-corrected chi connectivity index (χ0v) is 19.4. The van der Waals surface area contributed by atoms with Crippen LogP contribution in [-0.2, 0) is 19.1 Å². The fourth-order valence-corrected chi connectivity index (χ4v) is 5.11. The Morgan fingerprint density at radius 2 is 1.66 bits per heavy atom. The number of benzene rings is 2. The highest BCUT2D eigenvalue weighted by atomic mass is 79.9. The SMILES string of the molecule is CC(C)(C)OC(=O)[C@H]1[C@H]2C(=O)N(c3ccc(Br)cc3)C(=O)[C@H]2[C@H]2c3ccccc3C=NN21. The second-order valence-electron chi connectivity index (χ2n) is 9.22. The molecular formula is C24H22BrN3O4. The molecule has 0 unspecified atom stereocenters. The summed E-state index contributed by atoms with van der Waals surface area (Å²) in [6.07, 6.45) is 1.67. The largest absolute Gasteiger partial charge is 0.458 e. The number of anilines is 1. The molecule has 164 valence electrons. The van der Waals surface area contributed by atoms with Gasteiger partial charge in [-0.05, 0) is 56.2 Å². The van der Waals surface area contributed by atoms with E-state index in [0.717, 1.165) is 15.6 Å². The lowest BCUT2D eigenvalue weighted by Gasteiger charge is -2.34. The molecule has 2 saturated heterocycles. The number of hydrazone groups is 1. The van der Waals surface area contributed by atoms with Gasteiger partial charge in [-0.25, -0.2) is 9.69 Å². The first-order chi connectivity index (χ1) is 15.2. The molecule has 2 amide bonds. The molecule has 4 atom stereocenters. The van der Waals surface area contributed by atoms with Crippen LogP contribution in [0.1, 0.15) is 37.9 Å². The number of hydrogen-bond acceptors (Lipinski definition) is 6. The van der Waals surface area contributed by atoms with E-state index in [0.29, 0.717) is 5.69 Å². The number of imide groups is 1. The van der Waals surface area contributed by atoms with Crippen molar-refractivity contribution in [1.82, 2.24) is 5.01 Å². The highest BCUT2D eigenvalue weighted by Gasteiger charge is 2.66. The third kappa shape index (κ3) is 3.16. The smallest absolute Gasteiger partial charge is 0.331 e. The van der Waals surface area contributed by atoms with Gasteiger partial charge in [-0.3, -0.25) is 14.6 Å². The summed E-state index contributed by atoms with van der Waals surface area (Å²) in [5, 5.41) is 6.10. The highest BCUT2D eigenvalue weighted by Crippen LogP contribution is 2.52. The Bertz CT molecular complexity index is 1150. The van der Waals surface area contributed by atoms with E-state index in [4.69, 9.17) is 4.74 Å². The van der Waals surface area contributed by atoms with E-state index in [2.05, 4.69) is 21.0 Å². The van der Waals surface area contributed by atoms with Crippen LogP contribution >= 0.6 is 15.9 Å². The van der Waals surface area contributed by atoms with Gasteiger partial charge in [-0.1, -0.05) is 40.2 Å². The summed E-state index contributed by atoms with van der Waals surface area (Å²) in [5.41, 5.74) is 1.50. The van der Waals surface area contributed by atoms with Crippen LogP contribution in [0.5, 0.6) is 0 Å². The van der Waals surface area contributed by atoms with E-state index in [-0.39, 0.29) is 5.91 Å². The van der Waals surface area contributed by atoms with Crippen molar-refractivity contribution in [2.75, 3.05) is 4.90 Å². The van der Waals surface area contributed by atoms with Crippen LogP contribution in [0.25, 0.3) is 0 Å². The number of amides is 2. The topological polar surface area (TPSA) is 79.3 Å². The summed E-state index contributed by atoms with van der Waals surface area (Å²) in [4.78, 5) is 41.8. The number of halogens is 1. The number of nitrogens with zero attached hydrogens (tertiary/aromatic N) is 3. The lowest BCUT2D eigenvalue weighted by atomic mass is 9.85. The average Bonchev–Trinajstić information content (AvgIpc) is 3.21. The lowest BCUT2D eigenvalue weighted by Crippen LogP contribution is -2.46. The van der Waals surface area contributed by atoms with E-state index < -0.39 is 41.4 Å². The summed E-state index contributed by atoms with van der Waals surface area (Å²) in [6, 6.07) is 13.1. The van der Waals surface area contributed by atoms with Crippen LogP contribution in [0, 0.1) is 11.8 Å². The molecule has 0 bridgehead atoms. The quantitative estimate of drug-likeness (QED) is 0.469. The summed E-state index contributed by atoms with van der Waals surface area (Å²) < 4.78 is 6.51. The number of esters is 1. The van der Waals surface area contributed by atoms with Gasteiger partial charge in [0.15, 0.2) is 6.04 Å². The van der Waals surface area contributed by atoms with Crippen LogP contribution in [0.3, 0.4) is 0 Å². The van der Waals surface area contributed by atoms with E-state index in [1.54, 1.807) is 56.3 Å². The number of hydrogen-bond donors (Lipinski definition) is 0. The van der Waals surface area contributed by atoms with Gasteiger partial charge in [0.25, 0.3) is 0 Å². The van der Waals surface area contributed by atoms with Crippen molar-refractivity contribution in [2.24, 2.45) is 16.9 Å². The number of rotatable bonds is 2. The van der Waals surface area contributed by atoms with Crippen molar-refractivity contribution in [3.63, 3.8) is 0 Å². The molecule has 3 heterocycles. The van der Waals surface area contributed by atoms with E-state index in [1.807, 2.05) is 24.3 Å². The summed E-state index contributed by atoms with van der Waals surface area (Å²) >= 11 is 3.38. The maximum atomic E-state index is 13.7. The molecular weight excluding hydrogens is 474 g/mol.